The highest BCUT2D eigenvalue weighted by molar-refractivity contribution is 5.93. The molecule has 0 saturated heterocycles. The predicted octanol–water partition coefficient (Wildman–Crippen LogP) is 1.05. The quantitative estimate of drug-likeness (QED) is 0.707. The average Bonchev–Trinajstić information content (AvgIpc) is 2.29. The van der Waals surface area contributed by atoms with Crippen LogP contribution in [0, 0.1) is 6.92 Å². The molecule has 1 heterocycles. The van der Waals surface area contributed by atoms with Crippen LogP contribution in [0.1, 0.15) is 35.9 Å². The zero-order chi connectivity index (χ0) is 10.0. The lowest BCUT2D eigenvalue weighted by Gasteiger charge is -1.87. The smallest absolute Gasteiger partial charge is 0.179 e. The summed E-state index contributed by atoms with van der Waals surface area (Å²) in [6.45, 7) is 4.72. The number of nitrogens with zero attached hydrogens (tertiary/aromatic N) is 1. The topological polar surface area (TPSA) is 62.8 Å². The number of H-pyrrole nitrogens is 1. The molecule has 4 nitrogen and oxygen atoms in total. The maximum Gasteiger partial charge on any atom is 0.179 e. The Morgan fingerprint density at radius 2 is 2.00 bits per heavy atom. The van der Waals surface area contributed by atoms with Gasteiger partial charge in [-0.3, -0.25) is 9.59 Å². The summed E-state index contributed by atoms with van der Waals surface area (Å²) >= 11 is 0. The molecule has 0 atom stereocenters. The predicted molar refractivity (Wildman–Crippen MR) is 47.7 cm³/mol. The van der Waals surface area contributed by atoms with Gasteiger partial charge in [0.25, 0.3) is 0 Å². The fourth-order valence-electron chi connectivity index (χ4n) is 1.18. The maximum absolute atomic E-state index is 11.0. The van der Waals surface area contributed by atoms with Crippen LogP contribution in [0.25, 0.3) is 0 Å². The molecule has 70 valence electrons. The number of nitrogens with one attached hydrogen (secondary N) is 1. The Hall–Kier alpha value is -1.45. The number of aromatic amines is 1. The van der Waals surface area contributed by atoms with Crippen LogP contribution in [0.3, 0.4) is 0 Å². The van der Waals surface area contributed by atoms with Gasteiger partial charge in [-0.2, -0.15) is 0 Å². The number of hydrogen-bond donors (Lipinski definition) is 1. The van der Waals surface area contributed by atoms with Gasteiger partial charge in [-0.15, -0.1) is 0 Å². The highest BCUT2D eigenvalue weighted by Crippen LogP contribution is 2.06. The molecule has 1 aromatic rings. The molecule has 0 aliphatic heterocycles. The first kappa shape index (κ1) is 9.64. The molecule has 13 heavy (non-hydrogen) atoms. The van der Waals surface area contributed by atoms with Crippen molar-refractivity contribution in [3.05, 3.63) is 17.2 Å². The van der Waals surface area contributed by atoms with Crippen LogP contribution in [-0.4, -0.2) is 21.5 Å². The number of carbonyl (C=O) groups excluding carboxylic acids is 2. The number of Topliss-reactive ketones (excluding diaryl/α,β-unsaturated/α-hetero) is 2. The molecular weight excluding hydrogens is 168 g/mol. The normalized spacial score (nSPS) is 10.1. The van der Waals surface area contributed by atoms with Crippen molar-refractivity contribution in [2.24, 2.45) is 0 Å². The molecule has 0 fully saturated rings. The Bertz CT molecular complexity index is 352. The van der Waals surface area contributed by atoms with Crippen LogP contribution >= 0.6 is 0 Å². The minimum Gasteiger partial charge on any atom is -0.345 e. The second-order valence-corrected chi connectivity index (χ2v) is 3.09. The monoisotopic (exact) mass is 180 g/mol. The summed E-state index contributed by atoms with van der Waals surface area (Å²) in [5.41, 5.74) is 1.15. The largest absolute Gasteiger partial charge is 0.345 e. The van der Waals surface area contributed by atoms with Crippen LogP contribution < -0.4 is 0 Å². The van der Waals surface area contributed by atoms with Gasteiger partial charge in [0.05, 0.1) is 6.42 Å². The number of imidazole rings is 1. The summed E-state index contributed by atoms with van der Waals surface area (Å²) in [6.07, 6.45) is 0.258. The van der Waals surface area contributed by atoms with Crippen molar-refractivity contribution in [1.82, 2.24) is 9.97 Å². The van der Waals surface area contributed by atoms with Gasteiger partial charge in [0, 0.05) is 12.6 Å². The minimum absolute atomic E-state index is 0.0313. The second-order valence-electron chi connectivity index (χ2n) is 3.09. The van der Waals surface area contributed by atoms with Crippen molar-refractivity contribution in [2.75, 3.05) is 0 Å². The zero-order valence-electron chi connectivity index (χ0n) is 7.97. The lowest BCUT2D eigenvalue weighted by Crippen LogP contribution is -1.99. The van der Waals surface area contributed by atoms with Crippen LogP contribution in [-0.2, 0) is 11.2 Å². The van der Waals surface area contributed by atoms with Crippen LogP contribution in [0.4, 0.5) is 0 Å². The number of aromatic nitrogens is 2. The third-order valence-corrected chi connectivity index (χ3v) is 1.68. The SMILES string of the molecule is CC(=O)Cc1nc(C(C)=O)c(C)[nH]1. The van der Waals surface area contributed by atoms with E-state index in [1.54, 1.807) is 6.92 Å². The van der Waals surface area contributed by atoms with E-state index in [2.05, 4.69) is 9.97 Å². The number of hydrogen-bond acceptors (Lipinski definition) is 3. The Morgan fingerprint density at radius 3 is 2.38 bits per heavy atom. The van der Waals surface area contributed by atoms with E-state index in [1.807, 2.05) is 0 Å². The Morgan fingerprint density at radius 1 is 1.38 bits per heavy atom. The van der Waals surface area contributed by atoms with Gasteiger partial charge < -0.3 is 4.98 Å². The lowest BCUT2D eigenvalue weighted by molar-refractivity contribution is -0.116. The Labute approximate surface area is 76.4 Å². The minimum atomic E-state index is -0.0800. The summed E-state index contributed by atoms with van der Waals surface area (Å²) in [4.78, 5) is 28.7. The van der Waals surface area contributed by atoms with Crippen molar-refractivity contribution in [1.29, 1.82) is 0 Å². The van der Waals surface area contributed by atoms with E-state index in [9.17, 15) is 9.59 Å². The van der Waals surface area contributed by atoms with Crippen molar-refractivity contribution in [3.63, 3.8) is 0 Å². The van der Waals surface area contributed by atoms with E-state index in [0.29, 0.717) is 11.5 Å². The number of rotatable bonds is 3. The molecule has 4 heteroatoms. The molecule has 0 aromatic carbocycles. The molecule has 0 bridgehead atoms. The van der Waals surface area contributed by atoms with Gasteiger partial charge in [0.1, 0.15) is 17.3 Å². The van der Waals surface area contributed by atoms with E-state index in [0.717, 1.165) is 5.69 Å². The van der Waals surface area contributed by atoms with Crippen molar-refractivity contribution in [3.8, 4) is 0 Å². The fraction of sp³-hybridized carbons (Fsp3) is 0.444. The third-order valence-electron chi connectivity index (χ3n) is 1.68. The van der Waals surface area contributed by atoms with Gasteiger partial charge in [0.15, 0.2) is 5.78 Å². The fourth-order valence-corrected chi connectivity index (χ4v) is 1.18. The van der Waals surface area contributed by atoms with Crippen LogP contribution in [0.5, 0.6) is 0 Å². The van der Waals surface area contributed by atoms with E-state index in [1.165, 1.54) is 13.8 Å². The first-order chi connectivity index (χ1) is 6.00. The molecule has 1 aromatic heterocycles. The molecule has 0 saturated carbocycles. The van der Waals surface area contributed by atoms with Gasteiger partial charge in [-0.05, 0) is 13.8 Å². The molecule has 0 aliphatic rings. The maximum atomic E-state index is 11.0. The molecule has 0 amide bonds. The van der Waals surface area contributed by atoms with Crippen molar-refractivity contribution >= 4 is 11.6 Å². The molecule has 0 unspecified atom stereocenters. The molecule has 0 radical (unpaired) electrons. The van der Waals surface area contributed by atoms with E-state index in [4.69, 9.17) is 0 Å². The summed E-state index contributed by atoms with van der Waals surface area (Å²) in [7, 11) is 0. The third kappa shape index (κ3) is 2.24. The molecular formula is C9H12N2O2. The van der Waals surface area contributed by atoms with Crippen molar-refractivity contribution in [2.45, 2.75) is 27.2 Å². The van der Waals surface area contributed by atoms with Crippen LogP contribution in [0.2, 0.25) is 0 Å². The summed E-state index contributed by atoms with van der Waals surface area (Å²) in [5.74, 6) is 0.516. The summed E-state index contributed by atoms with van der Waals surface area (Å²) in [5, 5.41) is 0. The molecule has 1 rings (SSSR count). The summed E-state index contributed by atoms with van der Waals surface area (Å²) in [6, 6.07) is 0. The van der Waals surface area contributed by atoms with Gasteiger partial charge in [-0.1, -0.05) is 0 Å². The lowest BCUT2D eigenvalue weighted by atomic mass is 10.3. The highest BCUT2D eigenvalue weighted by atomic mass is 16.1. The number of carbonyl (C=O) groups is 2. The first-order valence-electron chi connectivity index (χ1n) is 4.06. The van der Waals surface area contributed by atoms with Crippen LogP contribution in [0.15, 0.2) is 0 Å². The Kier molecular flexibility index (Phi) is 2.60. The van der Waals surface area contributed by atoms with Gasteiger partial charge in [0.2, 0.25) is 0 Å². The second kappa shape index (κ2) is 3.51. The standard InChI is InChI=1S/C9H12N2O2/c1-5(12)4-8-10-6(2)9(11-8)7(3)13/h4H2,1-3H3,(H,10,11). The zero-order valence-corrected chi connectivity index (χ0v) is 7.97. The van der Waals surface area contributed by atoms with Gasteiger partial charge in [-0.25, -0.2) is 4.98 Å². The van der Waals surface area contributed by atoms with Crippen molar-refractivity contribution < 1.29 is 9.59 Å². The average molecular weight is 180 g/mol. The van der Waals surface area contributed by atoms with Gasteiger partial charge >= 0.3 is 0 Å². The Balaban J connectivity index is 2.95. The first-order valence-corrected chi connectivity index (χ1v) is 4.06. The van der Waals surface area contributed by atoms with E-state index >= 15 is 0 Å². The number of aryl methyl sites for hydroxylation is 1. The molecule has 1 N–H and O–H groups in total. The molecule has 0 aliphatic carbocycles. The summed E-state index contributed by atoms with van der Waals surface area (Å²) < 4.78 is 0. The van der Waals surface area contributed by atoms with E-state index < -0.39 is 0 Å². The molecule has 0 spiro atoms. The number of ketones is 2. The van der Waals surface area contributed by atoms with E-state index in [-0.39, 0.29) is 18.0 Å². The highest BCUT2D eigenvalue weighted by Gasteiger charge is 2.11.